The van der Waals surface area contributed by atoms with E-state index in [0.717, 1.165) is 11.1 Å². The Labute approximate surface area is 210 Å². The molecule has 0 bridgehead atoms. The van der Waals surface area contributed by atoms with Gasteiger partial charge in [0.1, 0.15) is 5.75 Å². The molecule has 9 heteroatoms. The van der Waals surface area contributed by atoms with Gasteiger partial charge in [-0.05, 0) is 54.4 Å². The van der Waals surface area contributed by atoms with Crippen molar-refractivity contribution in [2.45, 2.75) is 20.0 Å². The summed E-state index contributed by atoms with van der Waals surface area (Å²) in [6.45, 7) is 3.53. The third kappa shape index (κ3) is 7.77. The van der Waals surface area contributed by atoms with Gasteiger partial charge in [0.15, 0.2) is 29.0 Å². The highest BCUT2D eigenvalue weighted by Crippen LogP contribution is 2.27. The Balaban J connectivity index is 0.00000385. The highest BCUT2D eigenvalue weighted by molar-refractivity contribution is 14.0. The fraction of sp³-hybridized carbons (Fsp3) is 0.250. The normalized spacial score (nSPS) is 10.7. The number of halogens is 2. The molecule has 2 N–H and O–H groups in total. The monoisotopic (exact) mass is 566 g/mol. The first-order chi connectivity index (χ1) is 15.6. The molecule has 0 saturated carbocycles. The van der Waals surface area contributed by atoms with Crippen LogP contribution in [0.5, 0.6) is 23.0 Å². The van der Waals surface area contributed by atoms with Gasteiger partial charge in [-0.1, -0.05) is 12.1 Å². The zero-order valence-corrected chi connectivity index (χ0v) is 21.1. The van der Waals surface area contributed by atoms with Gasteiger partial charge in [0, 0.05) is 19.3 Å². The van der Waals surface area contributed by atoms with Crippen LogP contribution in [0, 0.1) is 5.82 Å². The molecule has 33 heavy (non-hydrogen) atoms. The summed E-state index contributed by atoms with van der Waals surface area (Å²) in [6.07, 6.45) is 3.16. The van der Waals surface area contributed by atoms with Gasteiger partial charge in [-0.2, -0.15) is 0 Å². The Morgan fingerprint density at radius 2 is 1.73 bits per heavy atom. The van der Waals surface area contributed by atoms with E-state index in [0.29, 0.717) is 42.8 Å². The van der Waals surface area contributed by atoms with Crippen LogP contribution < -0.4 is 24.8 Å². The summed E-state index contributed by atoms with van der Waals surface area (Å²) in [5.41, 5.74) is 1.74. The minimum atomic E-state index is -0.454. The second-order valence-electron chi connectivity index (χ2n) is 6.79. The minimum absolute atomic E-state index is 0. The topological polar surface area (TPSA) is 77.0 Å². The molecule has 0 spiro atoms. The predicted octanol–water partition coefficient (Wildman–Crippen LogP) is 4.90. The summed E-state index contributed by atoms with van der Waals surface area (Å²) in [5.74, 6) is 2.13. The number of nitrogens with one attached hydrogen (secondary N) is 2. The molecule has 0 aliphatic carbocycles. The van der Waals surface area contributed by atoms with Crippen LogP contribution >= 0.6 is 24.0 Å². The Kier molecular flexibility index (Phi) is 10.7. The SMILES string of the molecule is CCNC(=NCc1ccc(Oc2cccnc2)c(F)c1)NCc1ccc(OC)c(OC)c1.I. The van der Waals surface area contributed by atoms with Crippen molar-refractivity contribution >= 4 is 29.9 Å². The predicted molar refractivity (Wildman–Crippen MR) is 137 cm³/mol. The first-order valence-corrected chi connectivity index (χ1v) is 10.2. The van der Waals surface area contributed by atoms with Crippen LogP contribution in [0.15, 0.2) is 65.9 Å². The highest BCUT2D eigenvalue weighted by Gasteiger charge is 2.08. The third-order valence-corrected chi connectivity index (χ3v) is 4.53. The molecular formula is C24H28FIN4O3. The maximum atomic E-state index is 14.5. The lowest BCUT2D eigenvalue weighted by Gasteiger charge is -2.13. The molecule has 0 saturated heterocycles. The van der Waals surface area contributed by atoms with Crippen LogP contribution in [0.2, 0.25) is 0 Å². The van der Waals surface area contributed by atoms with Gasteiger partial charge < -0.3 is 24.8 Å². The molecule has 176 valence electrons. The Morgan fingerprint density at radius 1 is 0.970 bits per heavy atom. The van der Waals surface area contributed by atoms with Crippen LogP contribution in [-0.2, 0) is 13.1 Å². The van der Waals surface area contributed by atoms with Gasteiger partial charge in [-0.25, -0.2) is 9.38 Å². The summed E-state index contributed by atoms with van der Waals surface area (Å²) in [5, 5.41) is 6.46. The van der Waals surface area contributed by atoms with Crippen molar-refractivity contribution in [3.63, 3.8) is 0 Å². The number of hydrogen-bond acceptors (Lipinski definition) is 5. The number of ether oxygens (including phenoxy) is 3. The van der Waals surface area contributed by atoms with Gasteiger partial charge in [0.2, 0.25) is 0 Å². The third-order valence-electron chi connectivity index (χ3n) is 4.53. The molecule has 3 aromatic rings. The highest BCUT2D eigenvalue weighted by atomic mass is 127. The largest absolute Gasteiger partial charge is 0.493 e. The standard InChI is InChI=1S/C24H27FN4O3.HI/c1-4-27-24(29-15-18-8-10-22(30-2)23(13-18)31-3)28-14-17-7-9-21(20(25)12-17)32-19-6-5-11-26-16-19;/h5-13,16H,4,14-15H2,1-3H3,(H2,27,28,29);1H. The van der Waals surface area contributed by atoms with Gasteiger partial charge in [0.25, 0.3) is 0 Å². The second-order valence-corrected chi connectivity index (χ2v) is 6.79. The quantitative estimate of drug-likeness (QED) is 0.218. The van der Waals surface area contributed by atoms with Crippen LogP contribution in [-0.4, -0.2) is 31.7 Å². The lowest BCUT2D eigenvalue weighted by molar-refractivity contribution is 0.354. The molecule has 0 radical (unpaired) electrons. The van der Waals surface area contributed by atoms with Crippen LogP contribution in [0.25, 0.3) is 0 Å². The Bertz CT molecular complexity index is 1050. The smallest absolute Gasteiger partial charge is 0.191 e. The molecule has 0 atom stereocenters. The molecule has 2 aromatic carbocycles. The van der Waals surface area contributed by atoms with Crippen LogP contribution in [0.3, 0.4) is 0 Å². The minimum Gasteiger partial charge on any atom is -0.493 e. The molecule has 7 nitrogen and oxygen atoms in total. The lowest BCUT2D eigenvalue weighted by Crippen LogP contribution is -2.36. The fourth-order valence-corrected chi connectivity index (χ4v) is 2.95. The van der Waals surface area contributed by atoms with Crippen molar-refractivity contribution in [2.75, 3.05) is 20.8 Å². The average molecular weight is 566 g/mol. The zero-order chi connectivity index (χ0) is 22.8. The van der Waals surface area contributed by atoms with E-state index in [-0.39, 0.29) is 29.7 Å². The lowest BCUT2D eigenvalue weighted by atomic mass is 10.2. The van der Waals surface area contributed by atoms with Gasteiger partial charge in [0.05, 0.1) is 27.0 Å². The van der Waals surface area contributed by atoms with E-state index in [1.54, 1.807) is 44.7 Å². The van der Waals surface area contributed by atoms with Crippen molar-refractivity contribution < 1.29 is 18.6 Å². The zero-order valence-electron chi connectivity index (χ0n) is 18.8. The van der Waals surface area contributed by atoms with E-state index >= 15 is 0 Å². The molecule has 0 unspecified atom stereocenters. The average Bonchev–Trinajstić information content (AvgIpc) is 2.83. The number of aromatic nitrogens is 1. The number of nitrogens with zero attached hydrogens (tertiary/aromatic N) is 2. The number of methoxy groups -OCH3 is 2. The van der Waals surface area contributed by atoms with Gasteiger partial charge >= 0.3 is 0 Å². The van der Waals surface area contributed by atoms with E-state index in [1.165, 1.54) is 12.3 Å². The molecule has 1 aromatic heterocycles. The van der Waals surface area contributed by atoms with Crippen molar-refractivity contribution in [3.8, 4) is 23.0 Å². The van der Waals surface area contributed by atoms with Gasteiger partial charge in [-0.3, -0.25) is 4.98 Å². The summed E-state index contributed by atoms with van der Waals surface area (Å²) < 4.78 is 30.6. The summed E-state index contributed by atoms with van der Waals surface area (Å²) in [7, 11) is 3.21. The number of pyridine rings is 1. The molecular weight excluding hydrogens is 538 g/mol. The van der Waals surface area contributed by atoms with Crippen LogP contribution in [0.4, 0.5) is 4.39 Å². The van der Waals surface area contributed by atoms with E-state index in [9.17, 15) is 4.39 Å². The molecule has 1 heterocycles. The Hall–Kier alpha value is -3.08. The van der Waals surface area contributed by atoms with Crippen LogP contribution in [0.1, 0.15) is 18.1 Å². The van der Waals surface area contributed by atoms with Crippen molar-refractivity contribution in [2.24, 2.45) is 4.99 Å². The summed E-state index contributed by atoms with van der Waals surface area (Å²) in [6, 6.07) is 14.0. The number of aliphatic imine (C=N–C) groups is 1. The van der Waals surface area contributed by atoms with E-state index in [2.05, 4.69) is 20.6 Å². The molecule has 0 aliphatic rings. The number of rotatable bonds is 9. The van der Waals surface area contributed by atoms with Crippen molar-refractivity contribution in [1.82, 2.24) is 15.6 Å². The van der Waals surface area contributed by atoms with Crippen molar-refractivity contribution in [1.29, 1.82) is 0 Å². The Morgan fingerprint density at radius 3 is 2.39 bits per heavy atom. The molecule has 0 aliphatic heterocycles. The second kappa shape index (κ2) is 13.5. The first kappa shape index (κ1) is 26.2. The fourth-order valence-electron chi connectivity index (χ4n) is 2.95. The number of benzene rings is 2. The molecule has 0 fully saturated rings. The first-order valence-electron chi connectivity index (χ1n) is 10.2. The van der Waals surface area contributed by atoms with Crippen molar-refractivity contribution in [3.05, 3.63) is 77.9 Å². The molecule has 3 rings (SSSR count). The van der Waals surface area contributed by atoms with E-state index in [4.69, 9.17) is 14.2 Å². The maximum Gasteiger partial charge on any atom is 0.191 e. The van der Waals surface area contributed by atoms with Gasteiger partial charge in [-0.15, -0.1) is 24.0 Å². The van der Waals surface area contributed by atoms with E-state index < -0.39 is 5.82 Å². The summed E-state index contributed by atoms with van der Waals surface area (Å²) in [4.78, 5) is 8.51. The molecule has 0 amide bonds. The number of guanidine groups is 1. The maximum absolute atomic E-state index is 14.5. The van der Waals surface area contributed by atoms with E-state index in [1.807, 2.05) is 25.1 Å². The number of hydrogen-bond donors (Lipinski definition) is 2. The summed E-state index contributed by atoms with van der Waals surface area (Å²) >= 11 is 0.